The highest BCUT2D eigenvalue weighted by atomic mass is 32.2. The second kappa shape index (κ2) is 8.23. The number of nitrogens with one attached hydrogen (secondary N) is 2. The van der Waals surface area contributed by atoms with Crippen LogP contribution in [0.2, 0.25) is 0 Å². The fourth-order valence-electron chi connectivity index (χ4n) is 2.13. The van der Waals surface area contributed by atoms with Gasteiger partial charge >= 0.3 is 0 Å². The lowest BCUT2D eigenvalue weighted by atomic mass is 10.2. The van der Waals surface area contributed by atoms with Gasteiger partial charge in [0.15, 0.2) is 0 Å². The van der Waals surface area contributed by atoms with Crippen LogP contribution in [0.3, 0.4) is 0 Å². The van der Waals surface area contributed by atoms with Crippen LogP contribution in [0.15, 0.2) is 83.8 Å². The van der Waals surface area contributed by atoms with Crippen molar-refractivity contribution in [2.24, 2.45) is 0 Å². The maximum absolute atomic E-state index is 11.6. The lowest BCUT2D eigenvalue weighted by Crippen LogP contribution is -2.19. The molecule has 0 unspecified atom stereocenters. The fourth-order valence-corrected chi connectivity index (χ4v) is 2.91. The molecule has 126 valence electrons. The molecule has 6 heteroatoms. The van der Waals surface area contributed by atoms with Gasteiger partial charge in [0.05, 0.1) is 5.56 Å². The minimum atomic E-state index is -0.545. The standard InChI is InChI=1S/C19H16N2O3S/c22-19(20-23)17-8-4-5-9-18(17)25-21-14-10-12-16(13-11-14)24-15-6-2-1-3-7-15/h1-13,21,23H,(H,20,22). The predicted octanol–water partition coefficient (Wildman–Crippen LogP) is 4.72. The molecule has 3 rings (SSSR count). The number of rotatable bonds is 6. The van der Waals surface area contributed by atoms with Gasteiger partial charge in [-0.3, -0.25) is 10.0 Å². The van der Waals surface area contributed by atoms with E-state index in [-0.39, 0.29) is 0 Å². The Morgan fingerprint density at radius 3 is 2.20 bits per heavy atom. The summed E-state index contributed by atoms with van der Waals surface area (Å²) >= 11 is 1.29. The van der Waals surface area contributed by atoms with Crippen molar-refractivity contribution >= 4 is 23.5 Å². The summed E-state index contributed by atoms with van der Waals surface area (Å²) in [4.78, 5) is 12.4. The van der Waals surface area contributed by atoms with E-state index in [1.54, 1.807) is 23.7 Å². The monoisotopic (exact) mass is 352 g/mol. The molecule has 1 amide bonds. The molecular weight excluding hydrogens is 336 g/mol. The molecule has 5 nitrogen and oxygen atoms in total. The van der Waals surface area contributed by atoms with Crippen LogP contribution in [0.4, 0.5) is 5.69 Å². The smallest absolute Gasteiger partial charge is 0.275 e. The Hall–Kier alpha value is -2.96. The van der Waals surface area contributed by atoms with E-state index in [0.717, 1.165) is 17.2 Å². The van der Waals surface area contributed by atoms with Crippen LogP contribution in [-0.4, -0.2) is 11.1 Å². The molecule has 3 N–H and O–H groups in total. The second-order valence-corrected chi connectivity index (χ2v) is 5.93. The maximum atomic E-state index is 11.6. The molecule has 0 saturated carbocycles. The highest BCUT2D eigenvalue weighted by molar-refractivity contribution is 8.00. The van der Waals surface area contributed by atoms with E-state index in [1.807, 2.05) is 60.7 Å². The Kier molecular flexibility index (Phi) is 5.56. The zero-order valence-corrected chi connectivity index (χ0v) is 14.0. The quantitative estimate of drug-likeness (QED) is 0.340. The highest BCUT2D eigenvalue weighted by Crippen LogP contribution is 2.27. The molecule has 0 bridgehead atoms. The molecule has 25 heavy (non-hydrogen) atoms. The van der Waals surface area contributed by atoms with E-state index < -0.39 is 5.91 Å². The summed E-state index contributed by atoms with van der Waals surface area (Å²) in [6.07, 6.45) is 0. The normalized spacial score (nSPS) is 10.1. The highest BCUT2D eigenvalue weighted by Gasteiger charge is 2.10. The van der Waals surface area contributed by atoms with Gasteiger partial charge in [-0.25, -0.2) is 5.48 Å². The minimum absolute atomic E-state index is 0.395. The average molecular weight is 352 g/mol. The molecule has 0 atom stereocenters. The Morgan fingerprint density at radius 1 is 0.840 bits per heavy atom. The molecular formula is C19H16N2O3S. The van der Waals surface area contributed by atoms with Crippen molar-refractivity contribution in [1.82, 2.24) is 5.48 Å². The summed E-state index contributed by atoms with van der Waals surface area (Å²) in [5.74, 6) is 0.972. The number of carbonyl (C=O) groups is 1. The molecule has 3 aromatic carbocycles. The van der Waals surface area contributed by atoms with Crippen molar-refractivity contribution in [2.45, 2.75) is 4.90 Å². The maximum Gasteiger partial charge on any atom is 0.275 e. The van der Waals surface area contributed by atoms with Gasteiger partial charge in [-0.2, -0.15) is 0 Å². The number of carbonyl (C=O) groups excluding carboxylic acids is 1. The van der Waals surface area contributed by atoms with E-state index in [1.165, 1.54) is 11.9 Å². The van der Waals surface area contributed by atoms with Crippen molar-refractivity contribution < 1.29 is 14.7 Å². The summed E-state index contributed by atoms with van der Waals surface area (Å²) < 4.78 is 8.92. The van der Waals surface area contributed by atoms with Gasteiger partial charge in [-0.1, -0.05) is 30.3 Å². The lowest BCUT2D eigenvalue weighted by Gasteiger charge is -2.10. The molecule has 0 aromatic heterocycles. The van der Waals surface area contributed by atoms with Crippen molar-refractivity contribution in [3.8, 4) is 11.5 Å². The fraction of sp³-hybridized carbons (Fsp3) is 0. The topological polar surface area (TPSA) is 70.6 Å². The predicted molar refractivity (Wildman–Crippen MR) is 98.1 cm³/mol. The van der Waals surface area contributed by atoms with Crippen LogP contribution in [0.25, 0.3) is 0 Å². The number of amides is 1. The minimum Gasteiger partial charge on any atom is -0.457 e. The first kappa shape index (κ1) is 16.9. The number of hydrogen-bond donors (Lipinski definition) is 3. The van der Waals surface area contributed by atoms with Crippen LogP contribution in [0, 0.1) is 0 Å². The van der Waals surface area contributed by atoms with Gasteiger partial charge < -0.3 is 9.46 Å². The third-order valence-electron chi connectivity index (χ3n) is 3.35. The first-order valence-corrected chi connectivity index (χ1v) is 8.37. The molecule has 0 radical (unpaired) electrons. The van der Waals surface area contributed by atoms with Crippen LogP contribution < -0.4 is 14.9 Å². The first-order valence-electron chi connectivity index (χ1n) is 7.55. The second-order valence-electron chi connectivity index (χ2n) is 5.08. The van der Waals surface area contributed by atoms with Gasteiger partial charge in [-0.15, -0.1) is 0 Å². The SMILES string of the molecule is O=C(NO)c1ccccc1SNc1ccc(Oc2ccccc2)cc1. The van der Waals surface area contributed by atoms with E-state index in [4.69, 9.17) is 9.94 Å². The Labute approximate surface area is 149 Å². The summed E-state index contributed by atoms with van der Waals surface area (Å²) in [5.41, 5.74) is 2.91. The lowest BCUT2D eigenvalue weighted by molar-refractivity contribution is 0.0703. The van der Waals surface area contributed by atoms with Crippen molar-refractivity contribution in [3.05, 3.63) is 84.4 Å². The molecule has 0 heterocycles. The molecule has 0 aliphatic rings. The number of benzene rings is 3. The Balaban J connectivity index is 1.64. The van der Waals surface area contributed by atoms with Gasteiger partial charge in [-0.05, 0) is 60.5 Å². The third kappa shape index (κ3) is 4.53. The van der Waals surface area contributed by atoms with E-state index in [0.29, 0.717) is 10.5 Å². The Morgan fingerprint density at radius 2 is 1.48 bits per heavy atom. The number of hydrogen-bond acceptors (Lipinski definition) is 5. The van der Waals surface area contributed by atoms with Gasteiger partial charge in [0.1, 0.15) is 11.5 Å². The zero-order valence-electron chi connectivity index (χ0n) is 13.2. The van der Waals surface area contributed by atoms with Crippen LogP contribution in [0.5, 0.6) is 11.5 Å². The Bertz CT molecular complexity index is 839. The average Bonchev–Trinajstić information content (AvgIpc) is 2.68. The van der Waals surface area contributed by atoms with Crippen molar-refractivity contribution in [1.29, 1.82) is 0 Å². The number of anilines is 1. The van der Waals surface area contributed by atoms with Crippen LogP contribution >= 0.6 is 11.9 Å². The molecule has 0 fully saturated rings. The number of ether oxygens (including phenoxy) is 1. The van der Waals surface area contributed by atoms with Gasteiger partial charge in [0, 0.05) is 10.6 Å². The number of para-hydroxylation sites is 1. The zero-order chi connectivity index (χ0) is 17.5. The third-order valence-corrected chi connectivity index (χ3v) is 4.26. The largest absolute Gasteiger partial charge is 0.457 e. The van der Waals surface area contributed by atoms with Gasteiger partial charge in [0.25, 0.3) is 5.91 Å². The first-order chi connectivity index (χ1) is 12.3. The van der Waals surface area contributed by atoms with Crippen molar-refractivity contribution in [2.75, 3.05) is 4.72 Å². The summed E-state index contributed by atoms with van der Waals surface area (Å²) in [6.45, 7) is 0. The van der Waals surface area contributed by atoms with Crippen LogP contribution in [-0.2, 0) is 0 Å². The van der Waals surface area contributed by atoms with Crippen molar-refractivity contribution in [3.63, 3.8) is 0 Å². The van der Waals surface area contributed by atoms with Crippen LogP contribution in [0.1, 0.15) is 10.4 Å². The molecule has 3 aromatic rings. The molecule has 0 spiro atoms. The molecule has 0 saturated heterocycles. The summed E-state index contributed by atoms with van der Waals surface area (Å²) in [7, 11) is 0. The molecule has 0 aliphatic carbocycles. The van der Waals surface area contributed by atoms with Gasteiger partial charge in [0.2, 0.25) is 0 Å². The van der Waals surface area contributed by atoms with E-state index in [9.17, 15) is 4.79 Å². The van der Waals surface area contributed by atoms with E-state index in [2.05, 4.69) is 4.72 Å². The summed E-state index contributed by atoms with van der Waals surface area (Å²) in [6, 6.07) is 24.1. The molecule has 0 aliphatic heterocycles. The summed E-state index contributed by atoms with van der Waals surface area (Å²) in [5, 5.41) is 8.81. The number of hydroxylamine groups is 1. The van der Waals surface area contributed by atoms with E-state index >= 15 is 0 Å².